The third-order valence-corrected chi connectivity index (χ3v) is 4.70. The van der Waals surface area contributed by atoms with Gasteiger partial charge in [0.15, 0.2) is 0 Å². The molecule has 120 valence electrons. The molecule has 1 saturated heterocycles. The number of rotatable bonds is 2. The molecule has 0 spiro atoms. The minimum absolute atomic E-state index is 0.549. The highest BCUT2D eigenvalue weighted by Crippen LogP contribution is 2.23. The largest absolute Gasteiger partial charge is 0.366 e. The Kier molecular flexibility index (Phi) is 7.71. The van der Waals surface area contributed by atoms with Gasteiger partial charge in [0.25, 0.3) is 0 Å². The lowest BCUT2D eigenvalue weighted by Crippen LogP contribution is -2.55. The van der Waals surface area contributed by atoms with Gasteiger partial charge in [0.05, 0.1) is 0 Å². The van der Waals surface area contributed by atoms with E-state index in [4.69, 9.17) is 0 Å². The highest BCUT2D eigenvalue weighted by Gasteiger charge is 2.24. The lowest BCUT2D eigenvalue weighted by Gasteiger charge is -2.40. The Morgan fingerprint density at radius 2 is 1.90 bits per heavy atom. The number of benzene rings is 1. The molecule has 3 nitrogen and oxygen atoms in total. The van der Waals surface area contributed by atoms with Crippen LogP contribution in [0.3, 0.4) is 0 Å². The smallest absolute Gasteiger partial charge is 0.0412 e. The van der Waals surface area contributed by atoms with E-state index in [2.05, 4.69) is 97.1 Å². The summed E-state index contributed by atoms with van der Waals surface area (Å²) in [5.74, 6) is 0. The van der Waals surface area contributed by atoms with Gasteiger partial charge in [0, 0.05) is 41.4 Å². The summed E-state index contributed by atoms with van der Waals surface area (Å²) < 4.78 is 1.15. The molecule has 1 aromatic carbocycles. The second-order valence-corrected chi connectivity index (χ2v) is 7.13. The van der Waals surface area contributed by atoms with Crippen molar-refractivity contribution in [3.8, 4) is 0 Å². The van der Waals surface area contributed by atoms with Crippen molar-refractivity contribution in [1.29, 1.82) is 0 Å². The fourth-order valence-corrected chi connectivity index (χ4v) is 2.46. The Balaban J connectivity index is 0.000000315. The predicted octanol–water partition coefficient (Wildman–Crippen LogP) is 3.59. The average molecular weight is 356 g/mol. The third-order valence-electron chi connectivity index (χ3n) is 4.21. The molecule has 2 unspecified atom stereocenters. The molecule has 4 heteroatoms. The topological polar surface area (TPSA) is 18.5 Å². The van der Waals surface area contributed by atoms with E-state index in [1.807, 2.05) is 0 Å². The van der Waals surface area contributed by atoms with Gasteiger partial charge in [-0.3, -0.25) is 0 Å². The predicted molar refractivity (Wildman–Crippen MR) is 97.2 cm³/mol. The minimum atomic E-state index is 0.549. The van der Waals surface area contributed by atoms with Crippen LogP contribution in [-0.2, 0) is 0 Å². The molecule has 1 aliphatic heterocycles. The van der Waals surface area contributed by atoms with E-state index in [1.54, 1.807) is 0 Å². The summed E-state index contributed by atoms with van der Waals surface area (Å²) in [6.07, 6.45) is 0. The van der Waals surface area contributed by atoms with Crippen LogP contribution in [0.25, 0.3) is 0 Å². The summed E-state index contributed by atoms with van der Waals surface area (Å²) in [5, 5.41) is 3.49. The molecule has 1 fully saturated rings. The zero-order valence-corrected chi connectivity index (χ0v) is 15.8. The van der Waals surface area contributed by atoms with Crippen molar-refractivity contribution >= 4 is 21.6 Å². The van der Waals surface area contributed by atoms with Gasteiger partial charge >= 0.3 is 0 Å². The maximum atomic E-state index is 3.52. The van der Waals surface area contributed by atoms with Crippen LogP contribution in [0, 0.1) is 0 Å². The quantitative estimate of drug-likeness (QED) is 0.874. The Morgan fingerprint density at radius 3 is 2.43 bits per heavy atom. The average Bonchev–Trinajstić information content (AvgIpc) is 2.42. The Bertz CT molecular complexity index is 414. The second-order valence-electron chi connectivity index (χ2n) is 6.21. The highest BCUT2D eigenvalue weighted by atomic mass is 79.9. The summed E-state index contributed by atoms with van der Waals surface area (Å²) in [5.41, 5.74) is 1.31. The summed E-state index contributed by atoms with van der Waals surface area (Å²) in [7, 11) is 4.15. The van der Waals surface area contributed by atoms with Gasteiger partial charge in [0.1, 0.15) is 0 Å². The van der Waals surface area contributed by atoms with Crippen LogP contribution in [0.1, 0.15) is 27.7 Å². The molecular formula is C17H30BrN3. The molecule has 1 heterocycles. The summed E-state index contributed by atoms with van der Waals surface area (Å²) in [6.45, 7) is 11.0. The van der Waals surface area contributed by atoms with Crippen molar-refractivity contribution in [3.63, 3.8) is 0 Å². The molecule has 0 amide bonds. The van der Waals surface area contributed by atoms with E-state index >= 15 is 0 Å². The molecule has 21 heavy (non-hydrogen) atoms. The third kappa shape index (κ3) is 5.97. The fourth-order valence-electron chi connectivity index (χ4n) is 2.08. The van der Waals surface area contributed by atoms with Crippen molar-refractivity contribution in [2.75, 3.05) is 32.1 Å². The van der Waals surface area contributed by atoms with E-state index < -0.39 is 0 Å². The van der Waals surface area contributed by atoms with Crippen molar-refractivity contribution in [2.45, 2.75) is 45.8 Å². The second kappa shape index (κ2) is 8.76. The van der Waals surface area contributed by atoms with Gasteiger partial charge in [-0.25, -0.2) is 0 Å². The summed E-state index contributed by atoms with van der Waals surface area (Å²) in [4.78, 5) is 4.63. The van der Waals surface area contributed by atoms with E-state index in [0.29, 0.717) is 18.1 Å². The van der Waals surface area contributed by atoms with Crippen LogP contribution < -0.4 is 10.2 Å². The highest BCUT2D eigenvalue weighted by molar-refractivity contribution is 9.10. The van der Waals surface area contributed by atoms with Crippen LogP contribution >= 0.6 is 15.9 Å². The zero-order valence-electron chi connectivity index (χ0n) is 14.2. The maximum Gasteiger partial charge on any atom is 0.0412 e. The number of hydrogen-bond acceptors (Lipinski definition) is 3. The molecule has 0 saturated carbocycles. The van der Waals surface area contributed by atoms with Crippen molar-refractivity contribution in [2.24, 2.45) is 0 Å². The standard InChI is InChI=1S/C12H17BrN2.C5H13N/c1-9-10(2)15(7-6-14-9)12-5-3-4-11(13)8-12;1-5(2)6(3)4/h3-5,8-10,14H,6-7H2,1-2H3;5H,1-4H3. The molecule has 1 aromatic rings. The molecule has 1 N–H and O–H groups in total. The Labute approximate surface area is 138 Å². The normalized spacial score (nSPS) is 22.2. The zero-order chi connectivity index (χ0) is 16.0. The van der Waals surface area contributed by atoms with Gasteiger partial charge in [0.2, 0.25) is 0 Å². The van der Waals surface area contributed by atoms with Gasteiger partial charge < -0.3 is 15.1 Å². The number of halogens is 1. The first-order valence-corrected chi connectivity index (χ1v) is 8.54. The fraction of sp³-hybridized carbons (Fsp3) is 0.647. The lowest BCUT2D eigenvalue weighted by molar-refractivity contribution is 0.335. The monoisotopic (exact) mass is 355 g/mol. The van der Waals surface area contributed by atoms with Gasteiger partial charge in [-0.15, -0.1) is 0 Å². The SMILES string of the molecule is CC(C)N(C)C.CC1NCCN(c2cccc(Br)c2)C1C. The number of nitrogens with one attached hydrogen (secondary N) is 1. The van der Waals surface area contributed by atoms with Crippen molar-refractivity contribution in [1.82, 2.24) is 10.2 Å². The Hall–Kier alpha value is -0.580. The molecule has 0 aliphatic carbocycles. The van der Waals surface area contributed by atoms with Gasteiger partial charge in [-0.1, -0.05) is 22.0 Å². The summed E-state index contributed by atoms with van der Waals surface area (Å²) in [6, 6.07) is 10.3. The van der Waals surface area contributed by atoms with Crippen molar-refractivity contribution < 1.29 is 0 Å². The van der Waals surface area contributed by atoms with Crippen LogP contribution in [0.2, 0.25) is 0 Å². The number of piperazine rings is 1. The van der Waals surface area contributed by atoms with Crippen molar-refractivity contribution in [3.05, 3.63) is 28.7 Å². The van der Waals surface area contributed by atoms with Gasteiger partial charge in [-0.05, 0) is 60.0 Å². The molecule has 1 aliphatic rings. The van der Waals surface area contributed by atoms with E-state index in [0.717, 1.165) is 17.6 Å². The van der Waals surface area contributed by atoms with Gasteiger partial charge in [-0.2, -0.15) is 0 Å². The number of nitrogens with zero attached hydrogens (tertiary/aromatic N) is 2. The molecular weight excluding hydrogens is 326 g/mol. The summed E-state index contributed by atoms with van der Waals surface area (Å²) >= 11 is 3.52. The van der Waals surface area contributed by atoms with E-state index in [-0.39, 0.29) is 0 Å². The van der Waals surface area contributed by atoms with E-state index in [1.165, 1.54) is 5.69 Å². The van der Waals surface area contributed by atoms with Crippen LogP contribution in [-0.4, -0.2) is 50.2 Å². The number of anilines is 1. The first-order chi connectivity index (χ1) is 9.82. The first-order valence-electron chi connectivity index (χ1n) is 7.75. The minimum Gasteiger partial charge on any atom is -0.366 e. The molecule has 0 radical (unpaired) electrons. The Morgan fingerprint density at radius 1 is 1.29 bits per heavy atom. The molecule has 0 bridgehead atoms. The molecule has 2 rings (SSSR count). The maximum absolute atomic E-state index is 3.52. The number of hydrogen-bond donors (Lipinski definition) is 1. The van der Waals surface area contributed by atoms with Crippen LogP contribution in [0.4, 0.5) is 5.69 Å². The lowest BCUT2D eigenvalue weighted by atomic mass is 10.1. The van der Waals surface area contributed by atoms with Crippen LogP contribution in [0.15, 0.2) is 28.7 Å². The van der Waals surface area contributed by atoms with E-state index in [9.17, 15) is 0 Å². The molecule has 2 atom stereocenters. The van der Waals surface area contributed by atoms with Crippen LogP contribution in [0.5, 0.6) is 0 Å². The molecule has 0 aromatic heterocycles. The first kappa shape index (κ1) is 18.5.